The number of thiophene rings is 2. The van der Waals surface area contributed by atoms with Crippen molar-refractivity contribution < 1.29 is 14.3 Å². The van der Waals surface area contributed by atoms with Gasteiger partial charge in [-0.05, 0) is 12.1 Å². The van der Waals surface area contributed by atoms with E-state index in [9.17, 15) is 9.59 Å². The van der Waals surface area contributed by atoms with Gasteiger partial charge >= 0.3 is 5.97 Å². The zero-order chi connectivity index (χ0) is 18.3. The van der Waals surface area contributed by atoms with E-state index in [0.717, 1.165) is 20.2 Å². The number of nitrogens with one attached hydrogen (secondary N) is 1. The summed E-state index contributed by atoms with van der Waals surface area (Å²) in [5.74, 6) is -0.825. The van der Waals surface area contributed by atoms with Gasteiger partial charge in [-0.3, -0.25) is 4.79 Å². The first-order chi connectivity index (χ1) is 12.6. The Balaban J connectivity index is 1.80. The summed E-state index contributed by atoms with van der Waals surface area (Å²) < 4.78 is 6.69. The number of esters is 1. The summed E-state index contributed by atoms with van der Waals surface area (Å²) >= 11 is 9.01. The van der Waals surface area contributed by atoms with E-state index in [1.165, 1.54) is 29.8 Å². The van der Waals surface area contributed by atoms with Crippen molar-refractivity contribution in [2.75, 3.05) is 12.4 Å². The van der Waals surface area contributed by atoms with E-state index in [1.54, 1.807) is 0 Å². The monoisotopic (exact) mass is 401 g/mol. The second kappa shape index (κ2) is 6.72. The third-order valence-electron chi connectivity index (χ3n) is 3.95. The summed E-state index contributed by atoms with van der Waals surface area (Å²) in [5, 5.41) is 4.92. The molecule has 4 aromatic rings. The van der Waals surface area contributed by atoms with Gasteiger partial charge in [0.2, 0.25) is 0 Å². The average molecular weight is 402 g/mol. The van der Waals surface area contributed by atoms with Crippen molar-refractivity contribution in [3.8, 4) is 0 Å². The molecule has 2 aromatic carbocycles. The van der Waals surface area contributed by atoms with Gasteiger partial charge in [0.05, 0.1) is 17.8 Å². The summed E-state index contributed by atoms with van der Waals surface area (Å²) in [7, 11) is 1.32. The second-order valence-electron chi connectivity index (χ2n) is 5.49. The van der Waals surface area contributed by atoms with Crippen LogP contribution in [0.1, 0.15) is 19.3 Å². The minimum Gasteiger partial charge on any atom is -0.465 e. The van der Waals surface area contributed by atoms with E-state index in [0.29, 0.717) is 20.5 Å². The lowest BCUT2D eigenvalue weighted by molar-refractivity contribution is 0.0607. The molecule has 2 aromatic heterocycles. The van der Waals surface area contributed by atoms with Gasteiger partial charge in [-0.25, -0.2) is 4.79 Å². The molecule has 7 heteroatoms. The highest BCUT2D eigenvalue weighted by atomic mass is 35.5. The van der Waals surface area contributed by atoms with Crippen LogP contribution in [0.2, 0.25) is 5.02 Å². The molecule has 0 fully saturated rings. The van der Waals surface area contributed by atoms with E-state index in [4.69, 9.17) is 16.3 Å². The van der Waals surface area contributed by atoms with Gasteiger partial charge in [-0.15, -0.1) is 22.7 Å². The fourth-order valence-corrected chi connectivity index (χ4v) is 5.22. The van der Waals surface area contributed by atoms with Crippen LogP contribution in [0.4, 0.5) is 5.69 Å². The Morgan fingerprint density at radius 1 is 0.923 bits per heavy atom. The number of hydrogen-bond acceptors (Lipinski definition) is 5. The third-order valence-corrected chi connectivity index (χ3v) is 6.77. The van der Waals surface area contributed by atoms with E-state index in [-0.39, 0.29) is 5.91 Å². The van der Waals surface area contributed by atoms with Gasteiger partial charge in [0.15, 0.2) is 0 Å². The Bertz CT molecular complexity index is 1160. The predicted molar refractivity (Wildman–Crippen MR) is 108 cm³/mol. The molecule has 26 heavy (non-hydrogen) atoms. The molecule has 0 aliphatic rings. The molecule has 0 bridgehead atoms. The molecule has 1 amide bonds. The second-order valence-corrected chi connectivity index (χ2v) is 7.97. The minimum atomic E-state index is -0.482. The molecule has 0 spiro atoms. The Labute approximate surface area is 162 Å². The molecule has 2 heterocycles. The van der Waals surface area contributed by atoms with Crippen LogP contribution in [0.5, 0.6) is 0 Å². The van der Waals surface area contributed by atoms with Gasteiger partial charge in [0.25, 0.3) is 5.91 Å². The number of fused-ring (bicyclic) bond motifs is 2. The van der Waals surface area contributed by atoms with Crippen molar-refractivity contribution in [3.63, 3.8) is 0 Å². The molecular formula is C19H12ClNO3S2. The van der Waals surface area contributed by atoms with Crippen LogP contribution < -0.4 is 5.32 Å². The number of benzene rings is 2. The summed E-state index contributed by atoms with van der Waals surface area (Å²) in [6.45, 7) is 0. The quantitative estimate of drug-likeness (QED) is 0.441. The van der Waals surface area contributed by atoms with E-state index in [2.05, 4.69) is 5.32 Å². The van der Waals surface area contributed by atoms with Crippen molar-refractivity contribution in [3.05, 3.63) is 63.3 Å². The number of hydrogen-bond donors (Lipinski definition) is 1. The molecule has 1 N–H and O–H groups in total. The summed E-state index contributed by atoms with van der Waals surface area (Å²) in [6, 6.07) is 15.1. The maximum atomic E-state index is 12.9. The lowest BCUT2D eigenvalue weighted by Crippen LogP contribution is -2.13. The zero-order valence-electron chi connectivity index (χ0n) is 13.5. The van der Waals surface area contributed by atoms with Crippen molar-refractivity contribution in [1.82, 2.24) is 0 Å². The number of ether oxygens (including phenoxy) is 1. The summed E-state index contributed by atoms with van der Waals surface area (Å²) in [4.78, 5) is 25.8. The fourth-order valence-electron chi connectivity index (χ4n) is 2.74. The molecule has 0 aliphatic carbocycles. The smallest absolute Gasteiger partial charge is 0.350 e. The van der Waals surface area contributed by atoms with Crippen LogP contribution in [0.25, 0.3) is 20.2 Å². The van der Waals surface area contributed by atoms with Crippen molar-refractivity contribution in [1.29, 1.82) is 0 Å². The number of rotatable bonds is 3. The minimum absolute atomic E-state index is 0.343. The SMILES string of the molecule is COC(=O)c1sc2ccccc2c1NC(=O)c1sc2ccccc2c1Cl. The third kappa shape index (κ3) is 2.76. The largest absolute Gasteiger partial charge is 0.465 e. The van der Waals surface area contributed by atoms with Gasteiger partial charge in [-0.1, -0.05) is 48.0 Å². The molecule has 4 nitrogen and oxygen atoms in total. The molecule has 4 rings (SSSR count). The Morgan fingerprint density at radius 2 is 1.50 bits per heavy atom. The van der Waals surface area contributed by atoms with E-state index < -0.39 is 5.97 Å². The molecule has 0 unspecified atom stereocenters. The standard InChI is InChI=1S/C19H12ClNO3S2/c1-24-19(23)17-15(11-7-3-5-9-13(11)26-17)21-18(22)16-14(20)10-6-2-4-8-12(10)25-16/h2-9H,1H3,(H,21,22). The normalized spacial score (nSPS) is 11.0. The van der Waals surface area contributed by atoms with Crippen LogP contribution in [-0.2, 0) is 4.74 Å². The number of carbonyl (C=O) groups excluding carboxylic acids is 2. The van der Waals surface area contributed by atoms with Crippen LogP contribution in [0.3, 0.4) is 0 Å². The molecule has 0 aliphatic heterocycles. The number of carbonyl (C=O) groups is 2. The van der Waals surface area contributed by atoms with Crippen LogP contribution in [0.15, 0.2) is 48.5 Å². The topological polar surface area (TPSA) is 55.4 Å². The van der Waals surface area contributed by atoms with Gasteiger partial charge in [0, 0.05) is 20.2 Å². The Morgan fingerprint density at radius 3 is 2.15 bits per heavy atom. The van der Waals surface area contributed by atoms with Crippen LogP contribution >= 0.6 is 34.3 Å². The maximum Gasteiger partial charge on any atom is 0.350 e. The first-order valence-corrected chi connectivity index (χ1v) is 9.69. The predicted octanol–water partition coefficient (Wildman–Crippen LogP) is 5.81. The summed E-state index contributed by atoms with van der Waals surface area (Å²) in [5.41, 5.74) is 0.455. The van der Waals surface area contributed by atoms with Crippen LogP contribution in [-0.4, -0.2) is 19.0 Å². The molecule has 0 atom stereocenters. The van der Waals surface area contributed by atoms with Crippen molar-refractivity contribution in [2.24, 2.45) is 0 Å². The molecular weight excluding hydrogens is 390 g/mol. The number of amides is 1. The van der Waals surface area contributed by atoms with Gasteiger partial charge < -0.3 is 10.1 Å². The lowest BCUT2D eigenvalue weighted by atomic mass is 10.2. The highest BCUT2D eigenvalue weighted by molar-refractivity contribution is 7.22. The van der Waals surface area contributed by atoms with E-state index in [1.807, 2.05) is 48.5 Å². The first-order valence-electron chi connectivity index (χ1n) is 7.68. The lowest BCUT2D eigenvalue weighted by Gasteiger charge is -2.06. The molecule has 0 saturated carbocycles. The zero-order valence-corrected chi connectivity index (χ0v) is 15.9. The van der Waals surface area contributed by atoms with Crippen LogP contribution in [0, 0.1) is 0 Å². The highest BCUT2D eigenvalue weighted by Crippen LogP contribution is 2.39. The summed E-state index contributed by atoms with van der Waals surface area (Å²) in [6.07, 6.45) is 0. The van der Waals surface area contributed by atoms with E-state index >= 15 is 0 Å². The van der Waals surface area contributed by atoms with Gasteiger partial charge in [-0.2, -0.15) is 0 Å². The number of methoxy groups -OCH3 is 1. The molecule has 130 valence electrons. The number of anilines is 1. The fraction of sp³-hybridized carbons (Fsp3) is 0.0526. The molecule has 0 saturated heterocycles. The molecule has 0 radical (unpaired) electrons. The van der Waals surface area contributed by atoms with Crippen molar-refractivity contribution in [2.45, 2.75) is 0 Å². The average Bonchev–Trinajstić information content (AvgIpc) is 3.20. The first kappa shape index (κ1) is 17.0. The Hall–Kier alpha value is -2.41. The number of halogens is 1. The van der Waals surface area contributed by atoms with Gasteiger partial charge in [0.1, 0.15) is 9.75 Å². The maximum absolute atomic E-state index is 12.9. The van der Waals surface area contributed by atoms with Crippen molar-refractivity contribution >= 4 is 72.0 Å². The Kier molecular flexibility index (Phi) is 4.40. The highest BCUT2D eigenvalue weighted by Gasteiger charge is 2.23.